The van der Waals surface area contributed by atoms with Crippen LogP contribution in [0.1, 0.15) is 50.2 Å². The van der Waals surface area contributed by atoms with Gasteiger partial charge in [0.2, 0.25) is 5.72 Å². The molecule has 194 valence electrons. The number of alkyl halides is 1. The molecule has 1 unspecified atom stereocenters. The Balaban J connectivity index is 2.04. The summed E-state index contributed by atoms with van der Waals surface area (Å²) in [5.74, 6) is -3.28. The van der Waals surface area contributed by atoms with Gasteiger partial charge >= 0.3 is 11.6 Å². The number of hydrogen-bond acceptors (Lipinski definition) is 9. The zero-order valence-electron chi connectivity index (χ0n) is 19.4. The van der Waals surface area contributed by atoms with Gasteiger partial charge in [-0.15, -0.1) is 5.06 Å². The normalized spacial score (nSPS) is 27.4. The second-order valence-corrected chi connectivity index (χ2v) is 8.69. The van der Waals surface area contributed by atoms with Crippen molar-refractivity contribution in [3.63, 3.8) is 0 Å². The number of hydrogen-bond donors (Lipinski definition) is 6. The molecule has 11 nitrogen and oxygen atoms in total. The molecule has 12 heteroatoms. The van der Waals surface area contributed by atoms with Gasteiger partial charge in [-0.3, -0.25) is 9.78 Å². The van der Waals surface area contributed by atoms with E-state index >= 15 is 0 Å². The molecular formula is C23H32FN3O8. The van der Waals surface area contributed by atoms with E-state index in [1.54, 1.807) is 30.3 Å². The number of hydroxylamine groups is 2. The molecule has 1 aliphatic rings. The number of nitrogens with zero attached hydrogens (tertiary/aromatic N) is 2. The Kier molecular flexibility index (Phi) is 8.59. The van der Waals surface area contributed by atoms with Crippen molar-refractivity contribution in [1.82, 2.24) is 14.6 Å². The van der Waals surface area contributed by atoms with E-state index in [1.807, 2.05) is 11.9 Å². The summed E-state index contributed by atoms with van der Waals surface area (Å²) in [5, 5.41) is 53.2. The maximum absolute atomic E-state index is 14.9. The van der Waals surface area contributed by atoms with E-state index in [0.717, 1.165) is 19.0 Å². The molecule has 2 aromatic rings. The summed E-state index contributed by atoms with van der Waals surface area (Å²) in [5.41, 5.74) is -4.70. The maximum atomic E-state index is 14.9. The fraction of sp³-hybridized carbons (Fsp3) is 0.565. The second kappa shape index (κ2) is 11.1. The van der Waals surface area contributed by atoms with Crippen molar-refractivity contribution in [3.8, 4) is 0 Å². The number of aromatic nitrogens is 2. The first-order valence-electron chi connectivity index (χ1n) is 11.5. The summed E-state index contributed by atoms with van der Waals surface area (Å²) in [6.45, 7) is 1.02. The molecule has 0 aliphatic carbocycles. The minimum atomic E-state index is -3.32. The van der Waals surface area contributed by atoms with Gasteiger partial charge in [-0.2, -0.15) is 0 Å². The number of unbranched alkanes of at least 4 members (excludes halogenated alkanes) is 3. The smallest absolute Gasteiger partial charge is 0.332 e. The van der Waals surface area contributed by atoms with Gasteiger partial charge in [0.1, 0.15) is 12.2 Å². The van der Waals surface area contributed by atoms with Crippen LogP contribution in [0.25, 0.3) is 0 Å². The number of rotatable bonds is 11. The van der Waals surface area contributed by atoms with Crippen LogP contribution in [0.3, 0.4) is 0 Å². The van der Waals surface area contributed by atoms with Crippen molar-refractivity contribution >= 4 is 0 Å². The summed E-state index contributed by atoms with van der Waals surface area (Å²) in [7, 11) is 0. The molecule has 2 heterocycles. The lowest BCUT2D eigenvalue weighted by atomic mass is 9.99. The molecule has 1 aromatic heterocycles. The van der Waals surface area contributed by atoms with Crippen LogP contribution >= 0.6 is 0 Å². The molecule has 1 fully saturated rings. The topological polar surface area (TPSA) is 168 Å². The van der Waals surface area contributed by atoms with E-state index in [-0.39, 0.29) is 23.5 Å². The van der Waals surface area contributed by atoms with Gasteiger partial charge in [0.05, 0.1) is 6.61 Å². The molecule has 3 rings (SSSR count). The molecule has 0 radical (unpaired) electrons. The Morgan fingerprint density at radius 1 is 1.20 bits per heavy atom. The number of aliphatic hydroxyl groups excluding tert-OH is 2. The fourth-order valence-corrected chi connectivity index (χ4v) is 4.22. The van der Waals surface area contributed by atoms with Gasteiger partial charge < -0.3 is 30.4 Å². The Morgan fingerprint density at radius 2 is 1.89 bits per heavy atom. The summed E-state index contributed by atoms with van der Waals surface area (Å²) < 4.78 is 20.5. The Labute approximate surface area is 200 Å². The van der Waals surface area contributed by atoms with E-state index in [0.29, 0.717) is 23.0 Å². The number of aromatic amines is 1. The third-order valence-corrected chi connectivity index (χ3v) is 6.23. The van der Waals surface area contributed by atoms with Crippen LogP contribution in [0.2, 0.25) is 0 Å². The van der Waals surface area contributed by atoms with Crippen molar-refractivity contribution in [2.45, 2.75) is 75.6 Å². The molecule has 6 N–H and O–H groups in total. The quantitative estimate of drug-likeness (QED) is 0.109. The van der Waals surface area contributed by atoms with Gasteiger partial charge in [0.15, 0.2) is 6.30 Å². The first-order chi connectivity index (χ1) is 16.6. The van der Waals surface area contributed by atoms with Crippen molar-refractivity contribution in [2.24, 2.45) is 0 Å². The Bertz CT molecular complexity index is 1100. The highest BCUT2D eigenvalue weighted by molar-refractivity contribution is 5.23. The summed E-state index contributed by atoms with van der Waals surface area (Å²) in [6.07, 6.45) is -2.87. The highest BCUT2D eigenvalue weighted by Crippen LogP contribution is 2.44. The molecule has 35 heavy (non-hydrogen) atoms. The van der Waals surface area contributed by atoms with E-state index in [2.05, 4.69) is 0 Å². The summed E-state index contributed by atoms with van der Waals surface area (Å²) >= 11 is 0. The molecule has 1 aliphatic heterocycles. The monoisotopic (exact) mass is 497 g/mol. The van der Waals surface area contributed by atoms with E-state index in [9.17, 15) is 39.6 Å². The van der Waals surface area contributed by atoms with Crippen molar-refractivity contribution in [3.05, 3.63) is 68.5 Å². The van der Waals surface area contributed by atoms with Gasteiger partial charge in [-0.1, -0.05) is 56.5 Å². The molecule has 5 atom stereocenters. The molecular weight excluding hydrogens is 465 g/mol. The van der Waals surface area contributed by atoms with Crippen LogP contribution in [-0.4, -0.2) is 71.1 Å². The molecule has 1 aromatic carbocycles. The first-order valence-corrected chi connectivity index (χ1v) is 11.5. The van der Waals surface area contributed by atoms with E-state index in [1.165, 1.54) is 0 Å². The second-order valence-electron chi connectivity index (χ2n) is 8.69. The van der Waals surface area contributed by atoms with Crippen LogP contribution in [0.4, 0.5) is 4.39 Å². The zero-order valence-corrected chi connectivity index (χ0v) is 19.4. The third-order valence-electron chi connectivity index (χ3n) is 6.23. The number of ether oxygens (including phenoxy) is 1. The minimum absolute atomic E-state index is 0.0168. The number of benzene rings is 1. The average Bonchev–Trinajstić information content (AvgIpc) is 3.05. The number of halogens is 1. The van der Waals surface area contributed by atoms with Gasteiger partial charge in [-0.05, 0) is 18.4 Å². The Hall–Kier alpha value is -2.45. The predicted octanol–water partition coefficient (Wildman–Crippen LogP) is 0.128. The summed E-state index contributed by atoms with van der Waals surface area (Å²) in [6, 6.07) is 8.68. The predicted molar refractivity (Wildman–Crippen MR) is 121 cm³/mol. The van der Waals surface area contributed by atoms with Crippen LogP contribution in [0.5, 0.6) is 0 Å². The minimum Gasteiger partial charge on any atom is -0.394 e. The van der Waals surface area contributed by atoms with E-state index < -0.39 is 48.0 Å². The lowest BCUT2D eigenvalue weighted by molar-refractivity contribution is -0.428. The lowest BCUT2D eigenvalue weighted by Crippen LogP contribution is -2.69. The fourth-order valence-electron chi connectivity index (χ4n) is 4.22. The standard InChI is InChI=1S/C23H32FN3O8/c1-2-3-4-8-11-18(24)27(34)22(32)19(29)17(14-28)35-23(22,33)26-13-16(20(30)25-21(26)31)12-15-9-6-5-7-10-15/h5-7,9-10,13,17-19,28-29,32-34H,2-4,8,11-12,14H2,1H3,(H,25,30,31)/t17-,18?,19-,22-,23-/m1/s1. The van der Waals surface area contributed by atoms with Gasteiger partial charge in [-0.25, -0.2) is 13.8 Å². The molecule has 0 bridgehead atoms. The summed E-state index contributed by atoms with van der Waals surface area (Å²) in [4.78, 5) is 27.1. The zero-order chi connectivity index (χ0) is 25.8. The van der Waals surface area contributed by atoms with Crippen molar-refractivity contribution < 1.29 is 34.8 Å². The molecule has 0 saturated carbocycles. The van der Waals surface area contributed by atoms with Crippen LogP contribution in [0, 0.1) is 0 Å². The highest BCUT2D eigenvalue weighted by Gasteiger charge is 2.71. The van der Waals surface area contributed by atoms with Crippen LogP contribution in [-0.2, 0) is 17.1 Å². The van der Waals surface area contributed by atoms with E-state index in [4.69, 9.17) is 4.74 Å². The van der Waals surface area contributed by atoms with Crippen molar-refractivity contribution in [2.75, 3.05) is 6.61 Å². The van der Waals surface area contributed by atoms with Crippen LogP contribution in [0.15, 0.2) is 46.1 Å². The lowest BCUT2D eigenvalue weighted by Gasteiger charge is -2.43. The van der Waals surface area contributed by atoms with Crippen molar-refractivity contribution in [1.29, 1.82) is 0 Å². The van der Waals surface area contributed by atoms with Crippen LogP contribution < -0.4 is 11.2 Å². The maximum Gasteiger partial charge on any atom is 0.332 e. The highest BCUT2D eigenvalue weighted by atomic mass is 19.1. The number of aliphatic hydroxyl groups is 4. The molecule has 0 spiro atoms. The third kappa shape index (κ3) is 5.09. The molecule has 1 saturated heterocycles. The largest absolute Gasteiger partial charge is 0.394 e. The number of H-pyrrole nitrogens is 1. The first kappa shape index (κ1) is 27.1. The van der Waals surface area contributed by atoms with Gasteiger partial charge in [0.25, 0.3) is 5.56 Å². The SMILES string of the molecule is CCCCCCC(F)N(O)[C@@]1(O)[C@H](O)[C@@H](CO)O[C@@]1(O)n1cc(Cc2ccccc2)c(=O)[nH]c1=O. The molecule has 0 amide bonds. The van der Waals surface area contributed by atoms with Gasteiger partial charge in [0, 0.05) is 18.2 Å². The average molecular weight is 498 g/mol. The number of nitrogens with one attached hydrogen (secondary N) is 1. The Morgan fingerprint density at radius 3 is 2.51 bits per heavy atom.